The molecule has 0 saturated heterocycles. The van der Waals surface area contributed by atoms with Crippen LogP contribution in [0.1, 0.15) is 11.3 Å². The minimum absolute atomic E-state index is 0.136. The number of para-hydroxylation sites is 1. The van der Waals surface area contributed by atoms with E-state index in [-0.39, 0.29) is 6.61 Å². The van der Waals surface area contributed by atoms with Gasteiger partial charge in [0, 0.05) is 24.8 Å². The molecule has 0 aliphatic rings. The summed E-state index contributed by atoms with van der Waals surface area (Å²) in [6.07, 6.45) is 1.76. The zero-order chi connectivity index (χ0) is 13.3. The lowest BCUT2D eigenvalue weighted by atomic mass is 10.2. The Bertz CT molecular complexity index is 489. The number of rotatable bonds is 7. The van der Waals surface area contributed by atoms with Crippen LogP contribution in [0.4, 0.5) is 0 Å². The van der Waals surface area contributed by atoms with Gasteiger partial charge in [-0.15, -0.1) is 0 Å². The molecule has 1 heterocycles. The van der Waals surface area contributed by atoms with Gasteiger partial charge in [-0.1, -0.05) is 24.3 Å². The van der Waals surface area contributed by atoms with E-state index in [1.807, 2.05) is 42.5 Å². The fourth-order valence-corrected chi connectivity index (χ4v) is 1.73. The molecule has 4 nitrogen and oxygen atoms in total. The number of aromatic nitrogens is 1. The summed E-state index contributed by atoms with van der Waals surface area (Å²) in [6, 6.07) is 13.6. The van der Waals surface area contributed by atoms with Crippen molar-refractivity contribution in [2.75, 3.05) is 13.2 Å². The van der Waals surface area contributed by atoms with Crippen molar-refractivity contribution >= 4 is 0 Å². The molecule has 100 valence electrons. The van der Waals surface area contributed by atoms with Gasteiger partial charge >= 0.3 is 0 Å². The lowest BCUT2D eigenvalue weighted by Crippen LogP contribution is -2.18. The highest BCUT2D eigenvalue weighted by Gasteiger charge is 2.03. The first-order chi connectivity index (χ1) is 9.40. The topological polar surface area (TPSA) is 54.4 Å². The van der Waals surface area contributed by atoms with E-state index >= 15 is 0 Å². The van der Waals surface area contributed by atoms with Gasteiger partial charge < -0.3 is 15.2 Å². The zero-order valence-corrected chi connectivity index (χ0v) is 10.7. The maximum atomic E-state index is 8.76. The highest BCUT2D eigenvalue weighted by Crippen LogP contribution is 2.18. The van der Waals surface area contributed by atoms with E-state index in [0.717, 1.165) is 17.0 Å². The molecule has 2 N–H and O–H groups in total. The van der Waals surface area contributed by atoms with E-state index in [0.29, 0.717) is 19.7 Å². The number of aliphatic hydroxyl groups excluding tert-OH is 1. The van der Waals surface area contributed by atoms with Gasteiger partial charge in [-0.05, 0) is 18.2 Å². The summed E-state index contributed by atoms with van der Waals surface area (Å²) in [5.74, 6) is 0.846. The van der Waals surface area contributed by atoms with Crippen LogP contribution < -0.4 is 10.1 Å². The van der Waals surface area contributed by atoms with Crippen molar-refractivity contribution in [3.8, 4) is 5.75 Å². The van der Waals surface area contributed by atoms with E-state index in [4.69, 9.17) is 9.84 Å². The first-order valence-electron chi connectivity index (χ1n) is 6.32. The summed E-state index contributed by atoms with van der Waals surface area (Å²) in [5.41, 5.74) is 1.98. The number of nitrogens with zero attached hydrogens (tertiary/aromatic N) is 1. The third kappa shape index (κ3) is 4.35. The van der Waals surface area contributed by atoms with E-state index in [9.17, 15) is 0 Å². The van der Waals surface area contributed by atoms with Crippen molar-refractivity contribution in [2.45, 2.75) is 13.2 Å². The molecule has 4 heteroatoms. The molecule has 0 unspecified atom stereocenters. The average Bonchev–Trinajstić information content (AvgIpc) is 2.48. The Morgan fingerprint density at radius 3 is 2.74 bits per heavy atom. The standard InChI is InChI=1S/C15H18N2O2/c18-10-9-16-11-13-5-1-2-7-15(13)19-12-14-6-3-4-8-17-14/h1-8,16,18H,9-12H2. The minimum atomic E-state index is 0.136. The number of benzene rings is 1. The number of aliphatic hydroxyl groups is 1. The van der Waals surface area contributed by atoms with Gasteiger partial charge in [0.15, 0.2) is 0 Å². The van der Waals surface area contributed by atoms with Crippen LogP contribution in [-0.4, -0.2) is 23.2 Å². The lowest BCUT2D eigenvalue weighted by molar-refractivity contribution is 0.286. The number of ether oxygens (including phenoxy) is 1. The zero-order valence-electron chi connectivity index (χ0n) is 10.7. The molecule has 0 amide bonds. The largest absolute Gasteiger partial charge is 0.487 e. The molecule has 2 aromatic rings. The average molecular weight is 258 g/mol. The maximum absolute atomic E-state index is 8.76. The fraction of sp³-hybridized carbons (Fsp3) is 0.267. The van der Waals surface area contributed by atoms with Gasteiger partial charge in [-0.3, -0.25) is 4.98 Å². The van der Waals surface area contributed by atoms with Crippen LogP contribution in [0, 0.1) is 0 Å². The summed E-state index contributed by atoms with van der Waals surface area (Å²) in [7, 11) is 0. The Labute approximate surface area is 113 Å². The first kappa shape index (κ1) is 13.5. The van der Waals surface area contributed by atoms with Gasteiger partial charge in [0.25, 0.3) is 0 Å². The second-order valence-corrected chi connectivity index (χ2v) is 4.12. The van der Waals surface area contributed by atoms with Crippen LogP contribution in [0.5, 0.6) is 5.75 Å². The molecule has 0 fully saturated rings. The lowest BCUT2D eigenvalue weighted by Gasteiger charge is -2.11. The van der Waals surface area contributed by atoms with Crippen molar-refractivity contribution in [3.63, 3.8) is 0 Å². The number of hydrogen-bond acceptors (Lipinski definition) is 4. The van der Waals surface area contributed by atoms with Crippen LogP contribution in [0.2, 0.25) is 0 Å². The van der Waals surface area contributed by atoms with E-state index in [1.54, 1.807) is 6.20 Å². The minimum Gasteiger partial charge on any atom is -0.487 e. The van der Waals surface area contributed by atoms with Crippen molar-refractivity contribution in [1.82, 2.24) is 10.3 Å². The number of nitrogens with one attached hydrogen (secondary N) is 1. The quantitative estimate of drug-likeness (QED) is 0.743. The molecule has 0 aliphatic carbocycles. The molecular formula is C15H18N2O2. The Balaban J connectivity index is 1.95. The maximum Gasteiger partial charge on any atom is 0.130 e. The van der Waals surface area contributed by atoms with Crippen LogP contribution in [0.15, 0.2) is 48.7 Å². The Kier molecular flexibility index (Phi) is 5.34. The van der Waals surface area contributed by atoms with Gasteiger partial charge in [-0.25, -0.2) is 0 Å². The van der Waals surface area contributed by atoms with Gasteiger partial charge in [-0.2, -0.15) is 0 Å². The third-order valence-electron chi connectivity index (χ3n) is 2.68. The molecule has 0 aliphatic heterocycles. The summed E-state index contributed by atoms with van der Waals surface area (Å²) in [4.78, 5) is 4.23. The monoisotopic (exact) mass is 258 g/mol. The summed E-state index contributed by atoms with van der Waals surface area (Å²) >= 11 is 0. The second-order valence-electron chi connectivity index (χ2n) is 4.12. The fourth-order valence-electron chi connectivity index (χ4n) is 1.73. The van der Waals surface area contributed by atoms with Crippen LogP contribution in [0.25, 0.3) is 0 Å². The first-order valence-corrected chi connectivity index (χ1v) is 6.32. The second kappa shape index (κ2) is 7.51. The van der Waals surface area contributed by atoms with E-state index in [2.05, 4.69) is 10.3 Å². The van der Waals surface area contributed by atoms with Crippen molar-refractivity contribution in [3.05, 3.63) is 59.9 Å². The normalized spacial score (nSPS) is 10.4. The molecule has 1 aromatic heterocycles. The molecule has 0 bridgehead atoms. The molecule has 0 saturated carbocycles. The molecule has 0 radical (unpaired) electrons. The van der Waals surface area contributed by atoms with E-state index < -0.39 is 0 Å². The third-order valence-corrected chi connectivity index (χ3v) is 2.68. The van der Waals surface area contributed by atoms with Gasteiger partial charge in [0.2, 0.25) is 0 Å². The van der Waals surface area contributed by atoms with Crippen molar-refractivity contribution in [1.29, 1.82) is 0 Å². The summed E-state index contributed by atoms with van der Waals surface area (Å²) in [6.45, 7) is 1.85. The van der Waals surface area contributed by atoms with Crippen LogP contribution in [0.3, 0.4) is 0 Å². The SMILES string of the molecule is OCCNCc1ccccc1OCc1ccccn1. The smallest absolute Gasteiger partial charge is 0.130 e. The summed E-state index contributed by atoms with van der Waals surface area (Å²) in [5, 5.41) is 11.9. The van der Waals surface area contributed by atoms with Crippen molar-refractivity contribution in [2.24, 2.45) is 0 Å². The predicted octanol–water partition coefficient (Wildman–Crippen LogP) is 1.74. The molecule has 1 aromatic carbocycles. The van der Waals surface area contributed by atoms with Gasteiger partial charge in [0.05, 0.1) is 12.3 Å². The molecule has 19 heavy (non-hydrogen) atoms. The Hall–Kier alpha value is -1.91. The van der Waals surface area contributed by atoms with Gasteiger partial charge in [0.1, 0.15) is 12.4 Å². The van der Waals surface area contributed by atoms with Crippen LogP contribution >= 0.6 is 0 Å². The molecular weight excluding hydrogens is 240 g/mol. The van der Waals surface area contributed by atoms with E-state index in [1.165, 1.54) is 0 Å². The Morgan fingerprint density at radius 2 is 1.95 bits per heavy atom. The highest BCUT2D eigenvalue weighted by atomic mass is 16.5. The summed E-state index contributed by atoms with van der Waals surface area (Å²) < 4.78 is 5.79. The number of hydrogen-bond donors (Lipinski definition) is 2. The highest BCUT2D eigenvalue weighted by molar-refractivity contribution is 5.33. The Morgan fingerprint density at radius 1 is 1.11 bits per heavy atom. The van der Waals surface area contributed by atoms with Crippen LogP contribution in [-0.2, 0) is 13.2 Å². The number of pyridine rings is 1. The van der Waals surface area contributed by atoms with Crippen molar-refractivity contribution < 1.29 is 9.84 Å². The molecule has 0 atom stereocenters. The predicted molar refractivity (Wildman–Crippen MR) is 73.8 cm³/mol. The molecule has 0 spiro atoms. The molecule has 2 rings (SSSR count).